The number of nitrogens with zero attached hydrogens (tertiary/aromatic N) is 1. The van der Waals surface area contributed by atoms with E-state index < -0.39 is 8.32 Å². The van der Waals surface area contributed by atoms with Crippen LogP contribution in [0.25, 0.3) is 0 Å². The van der Waals surface area contributed by atoms with E-state index in [1.807, 2.05) is 0 Å². The van der Waals surface area contributed by atoms with Gasteiger partial charge in [-0.1, -0.05) is 32.9 Å². The van der Waals surface area contributed by atoms with Gasteiger partial charge in [-0.25, -0.2) is 0 Å². The molecule has 1 heterocycles. The minimum absolute atomic E-state index is 0.259. The highest BCUT2D eigenvalue weighted by molar-refractivity contribution is 6.74. The molecule has 0 saturated carbocycles. The third-order valence-corrected chi connectivity index (χ3v) is 9.17. The van der Waals surface area contributed by atoms with Crippen molar-refractivity contribution in [1.29, 1.82) is 0 Å². The average molecular weight is 308 g/mol. The highest BCUT2D eigenvalue weighted by Crippen LogP contribution is 2.37. The zero-order valence-corrected chi connectivity index (χ0v) is 15.1. The molecule has 21 heavy (non-hydrogen) atoms. The molecule has 0 N–H and O–H groups in total. The molecular formula is C17H29NO2Si. The summed E-state index contributed by atoms with van der Waals surface area (Å²) in [6.45, 7) is 15.8. The zero-order chi connectivity index (χ0) is 15.5. The Morgan fingerprint density at radius 2 is 1.86 bits per heavy atom. The third-order valence-electron chi connectivity index (χ3n) is 4.69. The Kier molecular flexibility index (Phi) is 5.12. The highest BCUT2D eigenvalue weighted by atomic mass is 28.4. The predicted molar refractivity (Wildman–Crippen MR) is 91.5 cm³/mol. The van der Waals surface area contributed by atoms with Crippen molar-refractivity contribution in [2.75, 3.05) is 31.2 Å². The molecule has 2 rings (SSSR count). The lowest BCUT2D eigenvalue weighted by atomic mass is 10.2. The molecule has 1 fully saturated rings. The number of morpholine rings is 1. The van der Waals surface area contributed by atoms with Gasteiger partial charge in [0.2, 0.25) is 0 Å². The van der Waals surface area contributed by atoms with Gasteiger partial charge in [0.25, 0.3) is 0 Å². The maximum atomic E-state index is 6.32. The van der Waals surface area contributed by atoms with E-state index in [9.17, 15) is 0 Å². The molecule has 0 aromatic heterocycles. The molecular weight excluding hydrogens is 278 g/mol. The van der Waals surface area contributed by atoms with E-state index in [2.05, 4.69) is 63.0 Å². The Morgan fingerprint density at radius 1 is 1.19 bits per heavy atom. The van der Waals surface area contributed by atoms with Crippen LogP contribution in [0.1, 0.15) is 26.3 Å². The van der Waals surface area contributed by atoms with Crippen LogP contribution in [-0.4, -0.2) is 34.6 Å². The topological polar surface area (TPSA) is 21.7 Å². The molecule has 0 atom stereocenters. The Bertz CT molecular complexity index is 462. The molecule has 4 heteroatoms. The fourth-order valence-electron chi connectivity index (χ4n) is 2.14. The summed E-state index contributed by atoms with van der Waals surface area (Å²) in [5.74, 6) is 0. The van der Waals surface area contributed by atoms with Crippen molar-refractivity contribution in [2.45, 2.75) is 45.5 Å². The smallest absolute Gasteiger partial charge is 0.192 e. The summed E-state index contributed by atoms with van der Waals surface area (Å²) in [7, 11) is -1.68. The largest absolute Gasteiger partial charge is 0.413 e. The second-order valence-corrected chi connectivity index (χ2v) is 12.1. The van der Waals surface area contributed by atoms with Gasteiger partial charge in [-0.2, -0.15) is 0 Å². The van der Waals surface area contributed by atoms with Crippen molar-refractivity contribution in [2.24, 2.45) is 0 Å². The van der Waals surface area contributed by atoms with Crippen LogP contribution >= 0.6 is 0 Å². The Labute approximate surface area is 130 Å². The summed E-state index contributed by atoms with van der Waals surface area (Å²) in [5.41, 5.74) is 2.55. The fraction of sp³-hybridized carbons (Fsp3) is 0.647. The Morgan fingerprint density at radius 3 is 2.48 bits per heavy atom. The van der Waals surface area contributed by atoms with Crippen molar-refractivity contribution >= 4 is 14.0 Å². The summed E-state index contributed by atoms with van der Waals surface area (Å²) in [4.78, 5) is 2.39. The van der Waals surface area contributed by atoms with Crippen LogP contribution in [0.5, 0.6) is 0 Å². The number of hydrogen-bond donors (Lipinski definition) is 0. The minimum Gasteiger partial charge on any atom is -0.413 e. The third kappa shape index (κ3) is 4.31. The Hall–Kier alpha value is -0.843. The molecule has 1 aromatic carbocycles. The molecule has 3 nitrogen and oxygen atoms in total. The van der Waals surface area contributed by atoms with Gasteiger partial charge in [-0.05, 0) is 35.8 Å². The summed E-state index contributed by atoms with van der Waals surface area (Å²) in [6.07, 6.45) is 0. The van der Waals surface area contributed by atoms with Gasteiger partial charge >= 0.3 is 0 Å². The van der Waals surface area contributed by atoms with Gasteiger partial charge < -0.3 is 14.1 Å². The van der Waals surface area contributed by atoms with Crippen LogP contribution in [0.3, 0.4) is 0 Å². The average Bonchev–Trinajstić information content (AvgIpc) is 2.45. The molecule has 1 saturated heterocycles. The van der Waals surface area contributed by atoms with E-state index in [4.69, 9.17) is 9.16 Å². The first-order valence-electron chi connectivity index (χ1n) is 7.85. The standard InChI is InChI=1S/C17H29NO2Si/c1-17(2,3)21(4,5)20-14-15-7-6-8-16(13-15)18-9-11-19-12-10-18/h6-8,13H,9-12,14H2,1-5H3. The van der Waals surface area contributed by atoms with Crippen LogP contribution in [0.15, 0.2) is 24.3 Å². The SMILES string of the molecule is CC(C)(C)[Si](C)(C)OCc1cccc(N2CCOCC2)c1. The normalized spacial score (nSPS) is 17.1. The van der Waals surface area contributed by atoms with Crippen LogP contribution in [0.2, 0.25) is 18.1 Å². The number of anilines is 1. The molecule has 0 spiro atoms. The molecule has 118 valence electrons. The van der Waals surface area contributed by atoms with Crippen LogP contribution in [0.4, 0.5) is 5.69 Å². The molecule has 0 radical (unpaired) electrons. The molecule has 0 aliphatic carbocycles. The summed E-state index contributed by atoms with van der Waals surface area (Å²) in [5, 5.41) is 0.259. The van der Waals surface area contributed by atoms with Gasteiger partial charge in [0.05, 0.1) is 19.8 Å². The second kappa shape index (κ2) is 6.51. The van der Waals surface area contributed by atoms with Gasteiger partial charge in [-0.15, -0.1) is 0 Å². The lowest BCUT2D eigenvalue weighted by Gasteiger charge is -2.36. The van der Waals surface area contributed by atoms with Crippen molar-refractivity contribution < 1.29 is 9.16 Å². The summed E-state index contributed by atoms with van der Waals surface area (Å²) < 4.78 is 11.7. The molecule has 1 aromatic rings. The monoisotopic (exact) mass is 307 g/mol. The van der Waals surface area contributed by atoms with Crippen LogP contribution in [0, 0.1) is 0 Å². The fourth-order valence-corrected chi connectivity index (χ4v) is 3.11. The molecule has 0 bridgehead atoms. The predicted octanol–water partition coefficient (Wildman–Crippen LogP) is 4.05. The van der Waals surface area contributed by atoms with Gasteiger partial charge in [-0.3, -0.25) is 0 Å². The van der Waals surface area contributed by atoms with Crippen molar-refractivity contribution in [3.05, 3.63) is 29.8 Å². The summed E-state index contributed by atoms with van der Waals surface area (Å²) >= 11 is 0. The first-order valence-corrected chi connectivity index (χ1v) is 10.8. The van der Waals surface area contributed by atoms with Crippen molar-refractivity contribution in [1.82, 2.24) is 0 Å². The van der Waals surface area contributed by atoms with Gasteiger partial charge in [0.1, 0.15) is 0 Å². The highest BCUT2D eigenvalue weighted by Gasteiger charge is 2.37. The molecule has 0 amide bonds. The van der Waals surface area contributed by atoms with E-state index >= 15 is 0 Å². The second-order valence-electron chi connectivity index (χ2n) is 7.32. The zero-order valence-electron chi connectivity index (χ0n) is 14.1. The maximum Gasteiger partial charge on any atom is 0.192 e. The van der Waals surface area contributed by atoms with E-state index in [1.165, 1.54) is 11.3 Å². The quantitative estimate of drug-likeness (QED) is 0.784. The van der Waals surface area contributed by atoms with Crippen LogP contribution in [-0.2, 0) is 15.8 Å². The van der Waals surface area contributed by atoms with Crippen molar-refractivity contribution in [3.63, 3.8) is 0 Å². The van der Waals surface area contributed by atoms with Gasteiger partial charge in [0, 0.05) is 18.8 Å². The first-order chi connectivity index (χ1) is 9.79. The van der Waals surface area contributed by atoms with E-state index in [0.717, 1.165) is 26.3 Å². The van der Waals surface area contributed by atoms with E-state index in [-0.39, 0.29) is 5.04 Å². The van der Waals surface area contributed by atoms with E-state index in [1.54, 1.807) is 0 Å². The molecule has 0 unspecified atom stereocenters. The molecule has 1 aliphatic rings. The summed E-state index contributed by atoms with van der Waals surface area (Å²) in [6, 6.07) is 8.74. The van der Waals surface area contributed by atoms with Gasteiger partial charge in [0.15, 0.2) is 8.32 Å². The first kappa shape index (κ1) is 16.5. The number of rotatable bonds is 4. The lowest BCUT2D eigenvalue weighted by Crippen LogP contribution is -2.40. The maximum absolute atomic E-state index is 6.32. The Balaban J connectivity index is 2.01. The number of ether oxygens (including phenoxy) is 1. The van der Waals surface area contributed by atoms with Crippen LogP contribution < -0.4 is 4.90 Å². The lowest BCUT2D eigenvalue weighted by molar-refractivity contribution is 0.122. The number of hydrogen-bond acceptors (Lipinski definition) is 3. The number of benzene rings is 1. The van der Waals surface area contributed by atoms with E-state index in [0.29, 0.717) is 6.61 Å². The van der Waals surface area contributed by atoms with Crippen molar-refractivity contribution in [3.8, 4) is 0 Å². The minimum atomic E-state index is -1.68. The molecule has 1 aliphatic heterocycles.